The molecule has 6 heterocycles. The topological polar surface area (TPSA) is 248 Å². The number of likely N-dealkylation sites (tertiary alicyclic amines) is 3. The molecule has 3 aromatic carbocycles. The minimum atomic E-state index is 0. The lowest BCUT2D eigenvalue weighted by Crippen LogP contribution is -2.42. The SMILES string of the molecule is C.CCN1CCCC(Nc2cc(C)nc(N=C(N)N(C)c3ccc(Cl)c(C)c3)n2)C1.CCN1CCC[C@@H](Nc2cc(C)nc(N=C(N)N(C)c3ccc(Cl)c(C)c3)n2)C1.CCN1CCC[C@H](Nc2cc(C)nc(N=C(N)N(C)c3ccc(Cl)c(C)c3)n2)C1. The molecule has 476 valence electrons. The molecule has 0 saturated carbocycles. The van der Waals surface area contributed by atoms with Crippen molar-refractivity contribution in [2.75, 3.05) is 111 Å². The van der Waals surface area contributed by atoms with Crippen LogP contribution in [-0.4, -0.2) is 161 Å². The number of benzene rings is 3. The van der Waals surface area contributed by atoms with Crippen molar-refractivity contribution in [1.29, 1.82) is 0 Å². The molecule has 24 heteroatoms. The average molecular weight is 1260 g/mol. The standard InChI is InChI=1S/3C21H30ClN7.CH4/c3*1-5-29-10-6-7-16(13-29)25-19-12-15(3)24-21(26-19)27-20(23)28(4)17-8-9-18(22)14(2)11-17;/h3*8-9,11-12,16H,5-7,10,13H2,1-4H3,(H3,23,24,25,26,27);1H4/t2*16-;;/m10../s1. The molecule has 3 saturated heterocycles. The zero-order chi connectivity index (χ0) is 62.9. The van der Waals surface area contributed by atoms with Gasteiger partial charge in [-0.15, -0.1) is 0 Å². The Balaban J connectivity index is 0.000000209. The molecule has 3 aromatic heterocycles. The van der Waals surface area contributed by atoms with Crippen LogP contribution in [0.15, 0.2) is 87.8 Å². The summed E-state index contributed by atoms with van der Waals surface area (Å²) in [5, 5.41) is 12.8. The number of hydrogen-bond acceptors (Lipinski definition) is 15. The molecule has 3 fully saturated rings. The largest absolute Gasteiger partial charge is 0.369 e. The summed E-state index contributed by atoms with van der Waals surface area (Å²) in [6, 6.07) is 24.2. The molecule has 1 unspecified atom stereocenters. The number of halogens is 3. The average Bonchev–Trinajstić information content (AvgIpc) is 3.27. The van der Waals surface area contributed by atoms with Crippen molar-refractivity contribution in [3.8, 4) is 0 Å². The van der Waals surface area contributed by atoms with Crippen molar-refractivity contribution < 1.29 is 0 Å². The molecule has 0 amide bonds. The molecular formula is C64H94Cl3N21. The van der Waals surface area contributed by atoms with Gasteiger partial charge in [0.15, 0.2) is 0 Å². The summed E-state index contributed by atoms with van der Waals surface area (Å²) in [6.45, 7) is 28.1. The monoisotopic (exact) mass is 1260 g/mol. The lowest BCUT2D eigenvalue weighted by atomic mass is 10.1. The number of piperidine rings is 3. The van der Waals surface area contributed by atoms with E-state index in [2.05, 4.69) is 96.3 Å². The molecule has 3 aliphatic heterocycles. The van der Waals surface area contributed by atoms with E-state index in [1.807, 2.05) is 135 Å². The van der Waals surface area contributed by atoms with Crippen LogP contribution in [0.3, 0.4) is 0 Å². The van der Waals surface area contributed by atoms with Crippen molar-refractivity contribution in [3.63, 3.8) is 0 Å². The van der Waals surface area contributed by atoms with Crippen LogP contribution in [0, 0.1) is 41.5 Å². The minimum Gasteiger partial charge on any atom is -0.369 e. The molecule has 3 aliphatic rings. The molecule has 3 atom stereocenters. The van der Waals surface area contributed by atoms with E-state index >= 15 is 0 Å². The molecule has 0 spiro atoms. The number of likely N-dealkylation sites (N-methyl/N-ethyl adjacent to an activating group) is 3. The maximum Gasteiger partial charge on any atom is 0.254 e. The third kappa shape index (κ3) is 20.7. The fourth-order valence-electron chi connectivity index (χ4n) is 10.5. The molecule has 9 rings (SSSR count). The number of rotatable bonds is 15. The van der Waals surface area contributed by atoms with Crippen LogP contribution in [0.25, 0.3) is 0 Å². The number of aryl methyl sites for hydroxylation is 6. The van der Waals surface area contributed by atoms with E-state index in [1.54, 1.807) is 14.7 Å². The van der Waals surface area contributed by atoms with Crippen molar-refractivity contribution in [1.82, 2.24) is 44.6 Å². The predicted molar refractivity (Wildman–Crippen MR) is 371 cm³/mol. The maximum absolute atomic E-state index is 6.23. The summed E-state index contributed by atoms with van der Waals surface area (Å²) in [5.74, 6) is 4.38. The number of guanidine groups is 3. The number of nitrogens with one attached hydrogen (secondary N) is 3. The van der Waals surface area contributed by atoms with Gasteiger partial charge in [0.25, 0.3) is 17.8 Å². The molecule has 0 radical (unpaired) electrons. The van der Waals surface area contributed by atoms with Gasteiger partial charge in [0, 0.05) is 126 Å². The van der Waals surface area contributed by atoms with E-state index < -0.39 is 0 Å². The highest BCUT2D eigenvalue weighted by molar-refractivity contribution is 6.32. The predicted octanol–water partition coefficient (Wildman–Crippen LogP) is 11.8. The van der Waals surface area contributed by atoms with Crippen molar-refractivity contribution in [3.05, 3.63) is 122 Å². The summed E-state index contributed by atoms with van der Waals surface area (Å²) in [4.78, 5) is 53.1. The number of aromatic nitrogens is 6. The van der Waals surface area contributed by atoms with Gasteiger partial charge < -0.3 is 62.6 Å². The second kappa shape index (κ2) is 33.4. The van der Waals surface area contributed by atoms with Gasteiger partial charge in [-0.05, 0) is 191 Å². The molecule has 0 aliphatic carbocycles. The zero-order valence-electron chi connectivity index (χ0n) is 52.8. The Labute approximate surface area is 537 Å². The normalized spacial score (nSPS) is 17.8. The Morgan fingerprint density at radius 1 is 0.455 bits per heavy atom. The number of nitrogens with zero attached hydrogens (tertiary/aromatic N) is 15. The van der Waals surface area contributed by atoms with Crippen LogP contribution in [-0.2, 0) is 0 Å². The second-order valence-electron chi connectivity index (χ2n) is 22.6. The fraction of sp³-hybridized carbons (Fsp3) is 0.484. The first-order valence-corrected chi connectivity index (χ1v) is 31.3. The summed E-state index contributed by atoms with van der Waals surface area (Å²) in [6.07, 6.45) is 6.99. The van der Waals surface area contributed by atoms with Crippen LogP contribution in [0.1, 0.15) is 100 Å². The highest BCUT2D eigenvalue weighted by atomic mass is 35.5. The van der Waals surface area contributed by atoms with Gasteiger partial charge in [-0.25, -0.2) is 15.0 Å². The van der Waals surface area contributed by atoms with Gasteiger partial charge in [-0.2, -0.15) is 29.9 Å². The summed E-state index contributed by atoms with van der Waals surface area (Å²) in [5.41, 5.74) is 26.9. The van der Waals surface area contributed by atoms with Gasteiger partial charge in [-0.3, -0.25) is 0 Å². The first kappa shape index (κ1) is 70.0. The Bertz CT molecular complexity index is 3000. The molecule has 21 nitrogen and oxygen atoms in total. The lowest BCUT2D eigenvalue weighted by molar-refractivity contribution is 0.226. The van der Waals surface area contributed by atoms with Crippen LogP contribution in [0.5, 0.6) is 0 Å². The quantitative estimate of drug-likeness (QED) is 0.0413. The van der Waals surface area contributed by atoms with Crippen LogP contribution in [0.2, 0.25) is 15.1 Å². The third-order valence-electron chi connectivity index (χ3n) is 15.7. The molecule has 6 aromatic rings. The van der Waals surface area contributed by atoms with Crippen LogP contribution >= 0.6 is 34.8 Å². The molecular weight excluding hydrogens is 1170 g/mol. The second-order valence-corrected chi connectivity index (χ2v) is 23.8. The summed E-state index contributed by atoms with van der Waals surface area (Å²) < 4.78 is 0. The lowest BCUT2D eigenvalue weighted by Gasteiger charge is -2.32. The number of hydrogen-bond donors (Lipinski definition) is 6. The fourth-order valence-corrected chi connectivity index (χ4v) is 10.8. The van der Waals surface area contributed by atoms with Crippen molar-refractivity contribution in [2.45, 2.75) is 126 Å². The highest BCUT2D eigenvalue weighted by Gasteiger charge is 2.23. The third-order valence-corrected chi connectivity index (χ3v) is 17.0. The Hall–Kier alpha value is -7.14. The summed E-state index contributed by atoms with van der Waals surface area (Å²) >= 11 is 18.4. The molecule has 0 bridgehead atoms. The van der Waals surface area contributed by atoms with Crippen molar-refractivity contribution in [2.24, 2.45) is 32.2 Å². The van der Waals surface area contributed by atoms with E-state index in [4.69, 9.17) is 52.0 Å². The van der Waals surface area contributed by atoms with Gasteiger partial charge in [0.2, 0.25) is 17.9 Å². The maximum atomic E-state index is 6.23. The smallest absolute Gasteiger partial charge is 0.254 e. The first-order valence-electron chi connectivity index (χ1n) is 30.1. The van der Waals surface area contributed by atoms with Gasteiger partial charge in [0.1, 0.15) is 17.5 Å². The number of nitrogens with two attached hydrogens (primary N) is 3. The van der Waals surface area contributed by atoms with E-state index in [0.29, 0.717) is 53.8 Å². The van der Waals surface area contributed by atoms with Crippen LogP contribution in [0.4, 0.5) is 52.4 Å². The Morgan fingerprint density at radius 3 is 0.955 bits per heavy atom. The highest BCUT2D eigenvalue weighted by Crippen LogP contribution is 2.27. The van der Waals surface area contributed by atoms with E-state index in [9.17, 15) is 0 Å². The number of aliphatic imine (C=N–C) groups is 3. The van der Waals surface area contributed by atoms with Crippen molar-refractivity contribution >= 4 is 105 Å². The van der Waals surface area contributed by atoms with Gasteiger partial charge >= 0.3 is 0 Å². The molecule has 88 heavy (non-hydrogen) atoms. The van der Waals surface area contributed by atoms with E-state index in [0.717, 1.165) is 142 Å². The van der Waals surface area contributed by atoms with Crippen LogP contribution < -0.4 is 47.9 Å². The Kier molecular flexibility index (Phi) is 26.6. The summed E-state index contributed by atoms with van der Waals surface area (Å²) in [7, 11) is 5.58. The zero-order valence-corrected chi connectivity index (χ0v) is 55.1. The Morgan fingerprint density at radius 2 is 0.716 bits per heavy atom. The minimum absolute atomic E-state index is 0. The first-order chi connectivity index (χ1) is 41.6. The van der Waals surface area contributed by atoms with Gasteiger partial charge in [-0.1, -0.05) is 63.0 Å². The van der Waals surface area contributed by atoms with Gasteiger partial charge in [0.05, 0.1) is 0 Å². The van der Waals surface area contributed by atoms with E-state index in [-0.39, 0.29) is 7.43 Å². The molecule has 9 N–H and O–H groups in total. The number of anilines is 6. The van der Waals surface area contributed by atoms with E-state index in [1.165, 1.54) is 38.9 Å².